The first-order chi connectivity index (χ1) is 10.5. The molecule has 3 aromatic rings. The average molecular weight is 335 g/mol. The van der Waals surface area contributed by atoms with Crippen LogP contribution in [0.3, 0.4) is 0 Å². The highest BCUT2D eigenvalue weighted by molar-refractivity contribution is 7.15. The van der Waals surface area contributed by atoms with Gasteiger partial charge in [0, 0.05) is 27.3 Å². The zero-order valence-corrected chi connectivity index (χ0v) is 13.4. The van der Waals surface area contributed by atoms with Crippen LogP contribution < -0.4 is 0 Å². The van der Waals surface area contributed by atoms with E-state index in [-0.39, 0.29) is 0 Å². The Kier molecular flexibility index (Phi) is 4.27. The fourth-order valence-electron chi connectivity index (χ4n) is 2.35. The molecule has 0 aliphatic carbocycles. The van der Waals surface area contributed by atoms with Gasteiger partial charge in [-0.25, -0.2) is 8.78 Å². The van der Waals surface area contributed by atoms with Crippen molar-refractivity contribution in [2.75, 3.05) is 0 Å². The van der Waals surface area contributed by atoms with Crippen LogP contribution in [0.15, 0.2) is 48.5 Å². The lowest BCUT2D eigenvalue weighted by Gasteiger charge is -2.04. The zero-order chi connectivity index (χ0) is 15.7. The third-order valence-electron chi connectivity index (χ3n) is 3.37. The highest BCUT2D eigenvalue weighted by Gasteiger charge is 2.08. The van der Waals surface area contributed by atoms with E-state index < -0.39 is 11.6 Å². The van der Waals surface area contributed by atoms with Gasteiger partial charge in [0.15, 0.2) is 0 Å². The van der Waals surface area contributed by atoms with Crippen molar-refractivity contribution in [1.29, 1.82) is 0 Å². The van der Waals surface area contributed by atoms with Gasteiger partial charge in [0.2, 0.25) is 0 Å². The van der Waals surface area contributed by atoms with Crippen molar-refractivity contribution in [1.82, 2.24) is 0 Å². The van der Waals surface area contributed by atoms with E-state index >= 15 is 0 Å². The summed E-state index contributed by atoms with van der Waals surface area (Å²) >= 11 is 7.74. The number of rotatable bonds is 3. The minimum absolute atomic E-state index is 0.559. The van der Waals surface area contributed by atoms with Gasteiger partial charge in [0.05, 0.1) is 0 Å². The minimum Gasteiger partial charge on any atom is -0.207 e. The van der Waals surface area contributed by atoms with Gasteiger partial charge >= 0.3 is 0 Å². The van der Waals surface area contributed by atoms with Gasteiger partial charge in [0.25, 0.3) is 0 Å². The predicted octanol–water partition coefficient (Wildman–Crippen LogP) is 6.25. The van der Waals surface area contributed by atoms with Crippen LogP contribution in [-0.4, -0.2) is 0 Å². The highest BCUT2D eigenvalue weighted by atomic mass is 35.5. The Morgan fingerprint density at radius 1 is 0.955 bits per heavy atom. The highest BCUT2D eigenvalue weighted by Crippen LogP contribution is 2.31. The maximum atomic E-state index is 13.3. The molecule has 2 aromatic carbocycles. The second-order valence-electron chi connectivity index (χ2n) is 5.20. The molecule has 0 aliphatic rings. The second-order valence-corrected chi connectivity index (χ2v) is 6.77. The molecule has 3 rings (SSSR count). The van der Waals surface area contributed by atoms with Crippen LogP contribution in [0.4, 0.5) is 8.78 Å². The lowest BCUT2D eigenvalue weighted by atomic mass is 10.1. The molecule has 1 heterocycles. The van der Waals surface area contributed by atoms with Crippen molar-refractivity contribution < 1.29 is 8.78 Å². The zero-order valence-electron chi connectivity index (χ0n) is 11.9. The summed E-state index contributed by atoms with van der Waals surface area (Å²) in [7, 11) is 0. The van der Waals surface area contributed by atoms with Crippen LogP contribution >= 0.6 is 22.9 Å². The van der Waals surface area contributed by atoms with Crippen LogP contribution in [0.2, 0.25) is 5.02 Å². The number of hydrogen-bond acceptors (Lipinski definition) is 1. The monoisotopic (exact) mass is 334 g/mol. The molecule has 0 radical (unpaired) electrons. The molecule has 0 amide bonds. The summed E-state index contributed by atoms with van der Waals surface area (Å²) < 4.78 is 26.6. The van der Waals surface area contributed by atoms with Crippen LogP contribution in [-0.2, 0) is 6.42 Å². The smallest absolute Gasteiger partial charge is 0.126 e. The molecule has 0 nitrogen and oxygen atoms in total. The van der Waals surface area contributed by atoms with E-state index in [2.05, 4.69) is 6.07 Å². The lowest BCUT2D eigenvalue weighted by molar-refractivity contribution is 0.584. The van der Waals surface area contributed by atoms with Crippen molar-refractivity contribution in [3.05, 3.63) is 81.2 Å². The number of benzene rings is 2. The van der Waals surface area contributed by atoms with Crippen LogP contribution in [0.25, 0.3) is 10.4 Å². The fraction of sp³-hybridized carbons (Fsp3) is 0.111. The molecule has 22 heavy (non-hydrogen) atoms. The van der Waals surface area contributed by atoms with E-state index in [1.807, 2.05) is 31.2 Å². The van der Waals surface area contributed by atoms with Gasteiger partial charge in [-0.15, -0.1) is 11.3 Å². The Morgan fingerprint density at radius 3 is 2.41 bits per heavy atom. The summed E-state index contributed by atoms with van der Waals surface area (Å²) in [6, 6.07) is 13.4. The van der Waals surface area contributed by atoms with Gasteiger partial charge in [0.1, 0.15) is 11.6 Å². The summed E-state index contributed by atoms with van der Waals surface area (Å²) in [5.74, 6) is -1.13. The normalized spacial score (nSPS) is 10.9. The van der Waals surface area contributed by atoms with Gasteiger partial charge < -0.3 is 0 Å². The number of thiophene rings is 1. The first-order valence-corrected chi connectivity index (χ1v) is 8.01. The molecule has 0 fully saturated rings. The summed E-state index contributed by atoms with van der Waals surface area (Å²) in [5, 5.41) is 0.734. The number of halogens is 3. The molecule has 0 unspecified atom stereocenters. The molecule has 4 heteroatoms. The van der Waals surface area contributed by atoms with E-state index in [1.165, 1.54) is 23.5 Å². The molecule has 0 spiro atoms. The molecule has 0 saturated carbocycles. The van der Waals surface area contributed by atoms with E-state index in [1.54, 1.807) is 0 Å². The van der Waals surface area contributed by atoms with Gasteiger partial charge in [-0.05, 0) is 48.4 Å². The van der Waals surface area contributed by atoms with E-state index in [0.717, 1.165) is 32.0 Å². The SMILES string of the molecule is Cc1ccc(Cl)c(Cc2ccc(-c3cc(F)cc(F)c3)s2)c1. The second kappa shape index (κ2) is 6.19. The van der Waals surface area contributed by atoms with Gasteiger partial charge in [-0.3, -0.25) is 0 Å². The average Bonchev–Trinajstić information content (AvgIpc) is 2.90. The molecular weight excluding hydrogens is 322 g/mol. The molecule has 0 aliphatic heterocycles. The summed E-state index contributed by atoms with van der Waals surface area (Å²) in [4.78, 5) is 1.95. The molecular formula is C18H13ClF2S. The topological polar surface area (TPSA) is 0 Å². The predicted molar refractivity (Wildman–Crippen MR) is 88.7 cm³/mol. The Hall–Kier alpha value is -1.71. The largest absolute Gasteiger partial charge is 0.207 e. The third-order valence-corrected chi connectivity index (χ3v) is 4.88. The summed E-state index contributed by atoms with van der Waals surface area (Å²) in [5.41, 5.74) is 2.77. The summed E-state index contributed by atoms with van der Waals surface area (Å²) in [6.07, 6.45) is 0.711. The van der Waals surface area contributed by atoms with Crippen LogP contribution in [0.1, 0.15) is 16.0 Å². The first-order valence-electron chi connectivity index (χ1n) is 6.81. The van der Waals surface area contributed by atoms with Crippen molar-refractivity contribution in [2.45, 2.75) is 13.3 Å². The van der Waals surface area contributed by atoms with Crippen molar-refractivity contribution in [2.24, 2.45) is 0 Å². The maximum Gasteiger partial charge on any atom is 0.126 e. The van der Waals surface area contributed by atoms with Crippen LogP contribution in [0, 0.1) is 18.6 Å². The quantitative estimate of drug-likeness (QED) is 0.531. The van der Waals surface area contributed by atoms with Gasteiger partial charge in [-0.2, -0.15) is 0 Å². The van der Waals surface area contributed by atoms with Crippen molar-refractivity contribution in [3.8, 4) is 10.4 Å². The van der Waals surface area contributed by atoms with Crippen LogP contribution in [0.5, 0.6) is 0 Å². The first kappa shape index (κ1) is 15.2. The molecule has 0 N–H and O–H groups in total. The van der Waals surface area contributed by atoms with E-state index in [9.17, 15) is 8.78 Å². The Balaban J connectivity index is 1.89. The minimum atomic E-state index is -0.563. The van der Waals surface area contributed by atoms with E-state index in [0.29, 0.717) is 12.0 Å². The third kappa shape index (κ3) is 3.37. The Morgan fingerprint density at radius 2 is 1.68 bits per heavy atom. The van der Waals surface area contributed by atoms with Crippen molar-refractivity contribution >= 4 is 22.9 Å². The standard InChI is InChI=1S/C18H13ClF2S/c1-11-2-4-17(19)12(6-11)9-16-3-5-18(22-16)13-7-14(20)10-15(21)8-13/h2-8,10H,9H2,1H3. The number of aryl methyl sites for hydroxylation is 1. The molecule has 112 valence electrons. The number of hydrogen-bond donors (Lipinski definition) is 0. The Labute approximate surface area is 137 Å². The Bertz CT molecular complexity index is 803. The lowest BCUT2D eigenvalue weighted by Crippen LogP contribution is -1.87. The fourth-order valence-corrected chi connectivity index (χ4v) is 3.55. The molecule has 0 atom stereocenters. The van der Waals surface area contributed by atoms with Gasteiger partial charge in [-0.1, -0.05) is 29.3 Å². The van der Waals surface area contributed by atoms with Crippen molar-refractivity contribution in [3.63, 3.8) is 0 Å². The molecule has 0 saturated heterocycles. The maximum absolute atomic E-state index is 13.3. The van der Waals surface area contributed by atoms with E-state index in [4.69, 9.17) is 11.6 Å². The molecule has 0 bridgehead atoms. The summed E-state index contributed by atoms with van der Waals surface area (Å²) in [6.45, 7) is 2.02. The molecule has 1 aromatic heterocycles.